The van der Waals surface area contributed by atoms with Crippen LogP contribution in [0.15, 0.2) is 24.6 Å². The summed E-state index contributed by atoms with van der Waals surface area (Å²) < 4.78 is 5.08. The second-order valence-electron chi connectivity index (χ2n) is 3.69. The highest BCUT2D eigenvalue weighted by atomic mass is 16.5. The van der Waals surface area contributed by atoms with Crippen molar-refractivity contribution >= 4 is 22.5 Å². The van der Waals surface area contributed by atoms with Gasteiger partial charge >= 0.3 is 0 Å². The Labute approximate surface area is 101 Å². The lowest BCUT2D eigenvalue weighted by atomic mass is 10.1. The summed E-state index contributed by atoms with van der Waals surface area (Å²) in [6.45, 7) is 0.507. The lowest BCUT2D eigenvalue weighted by molar-refractivity contribution is 0.0990. The fourth-order valence-corrected chi connectivity index (χ4v) is 1.71. The van der Waals surface area contributed by atoms with E-state index in [4.69, 9.17) is 10.5 Å². The molecule has 2 aromatic heterocycles. The minimum absolute atomic E-state index is 0.0444. The summed E-state index contributed by atoms with van der Waals surface area (Å²) in [7, 11) is 0. The minimum Gasteiger partial charge on any atom is -0.497 e. The molecule has 2 aromatic rings. The molecule has 0 aromatic carbocycles. The molecule has 90 valence electrons. The Morgan fingerprint density at radius 2 is 2.39 bits per heavy atom. The van der Waals surface area contributed by atoms with E-state index >= 15 is 0 Å². The number of aromatic amines is 1. The van der Waals surface area contributed by atoms with Crippen LogP contribution in [0.4, 0.5) is 0 Å². The Balaban J connectivity index is 2.12. The highest BCUT2D eigenvalue weighted by Gasteiger charge is 2.13. The van der Waals surface area contributed by atoms with Gasteiger partial charge in [-0.2, -0.15) is 5.10 Å². The Bertz CT molecular complexity index is 686. The van der Waals surface area contributed by atoms with Crippen LogP contribution in [-0.2, 0) is 4.74 Å². The molecule has 18 heavy (non-hydrogen) atoms. The van der Waals surface area contributed by atoms with E-state index in [1.54, 1.807) is 6.26 Å². The van der Waals surface area contributed by atoms with Crippen molar-refractivity contribution in [3.63, 3.8) is 0 Å². The molecule has 0 fully saturated rings. The quantitative estimate of drug-likeness (QED) is 0.792. The first-order valence-corrected chi connectivity index (χ1v) is 5.25. The number of carbonyl (C=O) groups excluding carboxylic acids is 1. The lowest BCUT2D eigenvalue weighted by Gasteiger charge is -2.06. The number of H-pyrrole nitrogens is 1. The number of hydrogen-bond donors (Lipinski definition) is 2. The fourth-order valence-electron chi connectivity index (χ4n) is 1.71. The molecule has 3 heterocycles. The Morgan fingerprint density at radius 3 is 3.11 bits per heavy atom. The number of fused-ring (bicyclic) bond motifs is 1. The zero-order valence-corrected chi connectivity index (χ0v) is 9.25. The zero-order chi connectivity index (χ0) is 12.5. The maximum atomic E-state index is 11.0. The second kappa shape index (κ2) is 3.95. The van der Waals surface area contributed by atoms with Gasteiger partial charge in [-0.05, 0) is 12.2 Å². The molecule has 0 spiro atoms. The van der Waals surface area contributed by atoms with E-state index in [0.29, 0.717) is 12.3 Å². The largest absolute Gasteiger partial charge is 0.497 e. The van der Waals surface area contributed by atoms with Gasteiger partial charge in [-0.1, -0.05) is 0 Å². The van der Waals surface area contributed by atoms with Crippen LogP contribution in [0.2, 0.25) is 0 Å². The van der Waals surface area contributed by atoms with Crippen molar-refractivity contribution in [2.45, 2.75) is 0 Å². The van der Waals surface area contributed by atoms with E-state index in [1.807, 2.05) is 12.2 Å². The first-order chi connectivity index (χ1) is 8.75. The number of allylic oxidation sites excluding steroid dienone is 2. The number of nitrogens with zero attached hydrogens (tertiary/aromatic N) is 3. The molecule has 3 N–H and O–H groups in total. The van der Waals surface area contributed by atoms with Gasteiger partial charge in [0.05, 0.1) is 17.3 Å². The van der Waals surface area contributed by atoms with Crippen LogP contribution in [0.1, 0.15) is 16.3 Å². The van der Waals surface area contributed by atoms with Crippen LogP contribution >= 0.6 is 0 Å². The molecule has 7 nitrogen and oxygen atoms in total. The van der Waals surface area contributed by atoms with Crippen molar-refractivity contribution in [3.05, 3.63) is 36.1 Å². The lowest BCUT2D eigenvalue weighted by Crippen LogP contribution is -2.14. The first-order valence-electron chi connectivity index (χ1n) is 5.25. The van der Waals surface area contributed by atoms with Gasteiger partial charge in [0, 0.05) is 11.8 Å². The molecular weight excluding hydrogens is 234 g/mol. The fraction of sp³-hybridized carbons (Fsp3) is 0.0909. The standard InChI is InChI=1S/C11H9N5O2/c12-9(17)11-13-5-7-8(15-16-10(7)14-11)6-1-3-18-4-2-6/h1-3,5H,4H2,(H2,12,17)(H,13,14,15,16). The summed E-state index contributed by atoms with van der Waals surface area (Å²) in [5.74, 6) is -0.719. The average molecular weight is 243 g/mol. The monoisotopic (exact) mass is 243 g/mol. The predicted molar refractivity (Wildman–Crippen MR) is 63.3 cm³/mol. The minimum atomic E-state index is -0.674. The van der Waals surface area contributed by atoms with Crippen LogP contribution in [0.5, 0.6) is 0 Å². The molecule has 0 atom stereocenters. The van der Waals surface area contributed by atoms with Crippen molar-refractivity contribution < 1.29 is 9.53 Å². The molecule has 7 heteroatoms. The van der Waals surface area contributed by atoms with Crippen molar-refractivity contribution in [1.82, 2.24) is 20.2 Å². The Kier molecular flexibility index (Phi) is 2.30. The van der Waals surface area contributed by atoms with E-state index in [9.17, 15) is 4.79 Å². The van der Waals surface area contributed by atoms with Crippen molar-refractivity contribution in [2.75, 3.05) is 6.61 Å². The van der Waals surface area contributed by atoms with Crippen LogP contribution in [-0.4, -0.2) is 32.7 Å². The highest BCUT2D eigenvalue weighted by Crippen LogP contribution is 2.23. The number of amides is 1. The number of nitrogens with one attached hydrogen (secondary N) is 1. The van der Waals surface area contributed by atoms with Gasteiger partial charge < -0.3 is 10.5 Å². The zero-order valence-electron chi connectivity index (χ0n) is 9.25. The molecule has 1 aliphatic heterocycles. The van der Waals surface area contributed by atoms with Crippen LogP contribution < -0.4 is 5.73 Å². The van der Waals surface area contributed by atoms with Gasteiger partial charge in [0.15, 0.2) is 5.65 Å². The summed E-state index contributed by atoms with van der Waals surface area (Å²) in [6.07, 6.45) is 6.87. The topological polar surface area (TPSA) is 107 Å². The van der Waals surface area contributed by atoms with Gasteiger partial charge in [-0.3, -0.25) is 9.89 Å². The van der Waals surface area contributed by atoms with Crippen LogP contribution in [0.25, 0.3) is 16.6 Å². The third-order valence-corrected chi connectivity index (χ3v) is 2.56. The number of primary amides is 1. The summed E-state index contributed by atoms with van der Waals surface area (Å²) in [6, 6.07) is 0. The van der Waals surface area contributed by atoms with E-state index in [1.165, 1.54) is 6.20 Å². The second-order valence-corrected chi connectivity index (χ2v) is 3.69. The number of nitrogens with two attached hydrogens (primary N) is 1. The van der Waals surface area contributed by atoms with Gasteiger partial charge in [0.1, 0.15) is 6.61 Å². The number of ether oxygens (including phenoxy) is 1. The van der Waals surface area contributed by atoms with Crippen LogP contribution in [0, 0.1) is 0 Å². The number of aromatic nitrogens is 4. The molecule has 0 radical (unpaired) electrons. The van der Waals surface area contributed by atoms with Gasteiger partial charge in [0.25, 0.3) is 5.91 Å². The number of hydrogen-bond acceptors (Lipinski definition) is 5. The van der Waals surface area contributed by atoms with E-state index in [-0.39, 0.29) is 5.82 Å². The van der Waals surface area contributed by atoms with E-state index in [2.05, 4.69) is 20.2 Å². The molecule has 1 aliphatic rings. The summed E-state index contributed by atoms with van der Waals surface area (Å²) in [5.41, 5.74) is 7.26. The van der Waals surface area contributed by atoms with Gasteiger partial charge in [0.2, 0.25) is 5.82 Å². The summed E-state index contributed by atoms with van der Waals surface area (Å²) in [4.78, 5) is 18.9. The third-order valence-electron chi connectivity index (χ3n) is 2.56. The maximum Gasteiger partial charge on any atom is 0.286 e. The number of carbonyl (C=O) groups is 1. The average Bonchev–Trinajstić information content (AvgIpc) is 2.82. The Hall–Kier alpha value is -2.70. The summed E-state index contributed by atoms with van der Waals surface area (Å²) in [5, 5.41) is 7.64. The summed E-state index contributed by atoms with van der Waals surface area (Å²) >= 11 is 0. The molecule has 0 saturated carbocycles. The molecule has 0 aliphatic carbocycles. The highest BCUT2D eigenvalue weighted by molar-refractivity contribution is 5.94. The van der Waals surface area contributed by atoms with Crippen molar-refractivity contribution in [1.29, 1.82) is 0 Å². The third kappa shape index (κ3) is 1.61. The maximum absolute atomic E-state index is 11.0. The molecule has 3 rings (SSSR count). The van der Waals surface area contributed by atoms with Crippen LogP contribution in [0.3, 0.4) is 0 Å². The van der Waals surface area contributed by atoms with E-state index < -0.39 is 5.91 Å². The molecule has 0 saturated heterocycles. The molecule has 0 unspecified atom stereocenters. The number of rotatable bonds is 2. The van der Waals surface area contributed by atoms with E-state index in [0.717, 1.165) is 16.7 Å². The van der Waals surface area contributed by atoms with Gasteiger partial charge in [-0.25, -0.2) is 9.97 Å². The normalized spacial score (nSPS) is 14.3. The smallest absolute Gasteiger partial charge is 0.286 e. The molecule has 1 amide bonds. The van der Waals surface area contributed by atoms with Crippen molar-refractivity contribution in [3.8, 4) is 0 Å². The first kappa shape index (κ1) is 10.5. The van der Waals surface area contributed by atoms with Crippen molar-refractivity contribution in [2.24, 2.45) is 5.73 Å². The SMILES string of the molecule is NC(=O)c1ncc2c(C3=CCOC=C3)[nH]nc2n1. The predicted octanol–water partition coefficient (Wildman–Crippen LogP) is 0.379. The Morgan fingerprint density at radius 1 is 1.50 bits per heavy atom. The van der Waals surface area contributed by atoms with Gasteiger partial charge in [-0.15, -0.1) is 0 Å². The molecular formula is C11H9N5O2. The molecule has 0 bridgehead atoms.